The van der Waals surface area contributed by atoms with Crippen LogP contribution in [0.15, 0.2) is 66.7 Å². The molecule has 0 aliphatic heterocycles. The molecule has 4 rings (SSSR count). The molecule has 6 heteroatoms. The Hall–Kier alpha value is -4.11. The molecule has 1 amide bonds. The lowest BCUT2D eigenvalue weighted by Gasteiger charge is -2.07. The molecule has 3 aromatic carbocycles. The Morgan fingerprint density at radius 3 is 2.50 bits per heavy atom. The van der Waals surface area contributed by atoms with Crippen molar-refractivity contribution in [3.8, 4) is 17.1 Å². The monoisotopic (exact) mass is 368 g/mol. The Balaban J connectivity index is 1.52. The molecule has 0 bridgehead atoms. The van der Waals surface area contributed by atoms with Gasteiger partial charge in [-0.3, -0.25) is 4.79 Å². The maximum Gasteiger partial charge on any atom is 0.255 e. The lowest BCUT2D eigenvalue weighted by Crippen LogP contribution is -2.11. The number of nitrogens with one attached hydrogen (secondary N) is 2. The first-order valence-corrected chi connectivity index (χ1v) is 8.59. The minimum absolute atomic E-state index is 0.189. The van der Waals surface area contributed by atoms with E-state index in [0.717, 1.165) is 16.6 Å². The molecule has 0 spiro atoms. The van der Waals surface area contributed by atoms with Crippen LogP contribution >= 0.6 is 0 Å². The number of carbonyl (C=O) groups excluding carboxylic acids is 1. The number of imidazole rings is 1. The van der Waals surface area contributed by atoms with E-state index < -0.39 is 0 Å². The molecule has 4 aromatic rings. The van der Waals surface area contributed by atoms with E-state index in [4.69, 9.17) is 11.3 Å². The summed E-state index contributed by atoms with van der Waals surface area (Å²) in [4.78, 5) is 23.6. The molecule has 2 N–H and O–H groups in total. The van der Waals surface area contributed by atoms with Gasteiger partial charge in [-0.05, 0) is 60.7 Å². The van der Waals surface area contributed by atoms with E-state index in [2.05, 4.69) is 20.1 Å². The SMILES string of the molecule is [C-]#[N+]c1ccc2nc(-c3ccc(NC(=O)c4ccc(OC)cc4)cc3)[nH]c2c1. The third-order valence-corrected chi connectivity index (χ3v) is 4.36. The normalized spacial score (nSPS) is 10.4. The second-order valence-electron chi connectivity index (χ2n) is 6.16. The first-order valence-electron chi connectivity index (χ1n) is 8.59. The van der Waals surface area contributed by atoms with Gasteiger partial charge >= 0.3 is 0 Å². The molecule has 28 heavy (non-hydrogen) atoms. The highest BCUT2D eigenvalue weighted by Gasteiger charge is 2.09. The molecule has 1 aromatic heterocycles. The largest absolute Gasteiger partial charge is 0.497 e. The highest BCUT2D eigenvalue weighted by atomic mass is 16.5. The predicted molar refractivity (Wildman–Crippen MR) is 109 cm³/mol. The van der Waals surface area contributed by atoms with Gasteiger partial charge in [0.2, 0.25) is 0 Å². The van der Waals surface area contributed by atoms with E-state index in [1.54, 1.807) is 43.5 Å². The number of methoxy groups -OCH3 is 1. The Labute approximate surface area is 161 Å². The fourth-order valence-electron chi connectivity index (χ4n) is 2.86. The van der Waals surface area contributed by atoms with Crippen molar-refractivity contribution in [3.05, 3.63) is 83.7 Å². The summed E-state index contributed by atoms with van der Waals surface area (Å²) in [5.41, 5.74) is 4.33. The van der Waals surface area contributed by atoms with Gasteiger partial charge < -0.3 is 15.0 Å². The maximum atomic E-state index is 12.4. The number of hydrogen-bond donors (Lipinski definition) is 2. The quantitative estimate of drug-likeness (QED) is 0.496. The van der Waals surface area contributed by atoms with Crippen LogP contribution in [-0.2, 0) is 0 Å². The number of rotatable bonds is 4. The summed E-state index contributed by atoms with van der Waals surface area (Å²) in [6.07, 6.45) is 0. The first kappa shape index (κ1) is 17.3. The highest BCUT2D eigenvalue weighted by Crippen LogP contribution is 2.25. The van der Waals surface area contributed by atoms with Crippen LogP contribution < -0.4 is 10.1 Å². The zero-order chi connectivity index (χ0) is 19.5. The van der Waals surface area contributed by atoms with Crippen molar-refractivity contribution >= 4 is 28.3 Å². The van der Waals surface area contributed by atoms with Crippen LogP contribution in [0.2, 0.25) is 0 Å². The second-order valence-corrected chi connectivity index (χ2v) is 6.16. The molecule has 0 aliphatic carbocycles. The molecule has 0 saturated heterocycles. The van der Waals surface area contributed by atoms with Crippen molar-refractivity contribution in [1.82, 2.24) is 9.97 Å². The number of ether oxygens (including phenoxy) is 1. The van der Waals surface area contributed by atoms with Gasteiger partial charge in [0, 0.05) is 16.8 Å². The molecule has 0 unspecified atom stereocenters. The summed E-state index contributed by atoms with van der Waals surface area (Å²) < 4.78 is 5.10. The van der Waals surface area contributed by atoms with Gasteiger partial charge in [0.05, 0.1) is 24.7 Å². The summed E-state index contributed by atoms with van der Waals surface area (Å²) in [5.74, 6) is 1.23. The minimum Gasteiger partial charge on any atom is -0.497 e. The molecule has 0 saturated carbocycles. The van der Waals surface area contributed by atoms with E-state index in [0.29, 0.717) is 28.5 Å². The van der Waals surface area contributed by atoms with Crippen molar-refractivity contribution in [1.29, 1.82) is 0 Å². The standard InChI is InChI=1S/C22H16N4O2/c1-23-17-9-12-19-20(13-17)26-21(25-19)14-3-7-16(8-4-14)24-22(27)15-5-10-18(28-2)11-6-15/h3-13H,2H3,(H,24,27)(H,25,26). The smallest absolute Gasteiger partial charge is 0.255 e. The summed E-state index contributed by atoms with van der Waals surface area (Å²) in [6.45, 7) is 7.10. The molecule has 136 valence electrons. The summed E-state index contributed by atoms with van der Waals surface area (Å²) in [5, 5.41) is 2.87. The number of fused-ring (bicyclic) bond motifs is 1. The van der Waals surface area contributed by atoms with Crippen molar-refractivity contribution in [2.24, 2.45) is 0 Å². The van der Waals surface area contributed by atoms with Crippen LogP contribution in [0.5, 0.6) is 5.75 Å². The number of nitrogens with zero attached hydrogens (tertiary/aromatic N) is 2. The van der Waals surface area contributed by atoms with Crippen molar-refractivity contribution in [2.45, 2.75) is 0 Å². The summed E-state index contributed by atoms with van der Waals surface area (Å²) in [7, 11) is 1.59. The van der Waals surface area contributed by atoms with Crippen LogP contribution in [0.3, 0.4) is 0 Å². The number of benzene rings is 3. The lowest BCUT2D eigenvalue weighted by molar-refractivity contribution is 0.102. The number of aromatic amines is 1. The molecular formula is C22H16N4O2. The number of hydrogen-bond acceptors (Lipinski definition) is 3. The van der Waals surface area contributed by atoms with Crippen LogP contribution in [0.4, 0.5) is 11.4 Å². The van der Waals surface area contributed by atoms with Crippen LogP contribution in [-0.4, -0.2) is 23.0 Å². The van der Waals surface area contributed by atoms with Crippen molar-refractivity contribution < 1.29 is 9.53 Å². The van der Waals surface area contributed by atoms with E-state index in [1.165, 1.54) is 0 Å². The number of carbonyl (C=O) groups is 1. The van der Waals surface area contributed by atoms with Gasteiger partial charge in [0.15, 0.2) is 5.69 Å². The van der Waals surface area contributed by atoms with Gasteiger partial charge in [-0.2, -0.15) is 0 Å². The highest BCUT2D eigenvalue weighted by molar-refractivity contribution is 6.04. The molecule has 0 fully saturated rings. The third kappa shape index (κ3) is 3.41. The number of anilines is 1. The van der Waals surface area contributed by atoms with Crippen LogP contribution in [0.25, 0.3) is 27.3 Å². The van der Waals surface area contributed by atoms with E-state index in [1.807, 2.05) is 30.3 Å². The third-order valence-electron chi connectivity index (χ3n) is 4.36. The van der Waals surface area contributed by atoms with Crippen LogP contribution in [0.1, 0.15) is 10.4 Å². The Morgan fingerprint density at radius 2 is 1.82 bits per heavy atom. The van der Waals surface area contributed by atoms with E-state index >= 15 is 0 Å². The number of amides is 1. The molecule has 0 aliphatic rings. The zero-order valence-corrected chi connectivity index (χ0v) is 15.1. The molecular weight excluding hydrogens is 352 g/mol. The summed E-state index contributed by atoms with van der Waals surface area (Å²) in [6, 6.07) is 19.7. The average Bonchev–Trinajstić information content (AvgIpc) is 3.17. The van der Waals surface area contributed by atoms with Gasteiger partial charge in [-0.1, -0.05) is 6.07 Å². The molecule has 6 nitrogen and oxygen atoms in total. The topological polar surface area (TPSA) is 71.4 Å². The van der Waals surface area contributed by atoms with E-state index in [-0.39, 0.29) is 5.91 Å². The van der Waals surface area contributed by atoms with Crippen molar-refractivity contribution in [3.63, 3.8) is 0 Å². The molecule has 0 atom stereocenters. The van der Waals surface area contributed by atoms with Crippen molar-refractivity contribution in [2.75, 3.05) is 12.4 Å². The molecule has 1 heterocycles. The van der Waals surface area contributed by atoms with Gasteiger partial charge in [0.1, 0.15) is 11.6 Å². The molecule has 0 radical (unpaired) electrons. The second kappa shape index (κ2) is 7.25. The maximum absolute atomic E-state index is 12.4. The van der Waals surface area contributed by atoms with E-state index in [9.17, 15) is 4.79 Å². The fraction of sp³-hybridized carbons (Fsp3) is 0.0455. The fourth-order valence-corrected chi connectivity index (χ4v) is 2.86. The zero-order valence-electron chi connectivity index (χ0n) is 15.1. The Kier molecular flexibility index (Phi) is 4.48. The van der Waals surface area contributed by atoms with Gasteiger partial charge in [-0.15, -0.1) is 0 Å². The van der Waals surface area contributed by atoms with Gasteiger partial charge in [-0.25, -0.2) is 9.83 Å². The Bertz CT molecular complexity index is 1190. The number of H-pyrrole nitrogens is 1. The summed E-state index contributed by atoms with van der Waals surface area (Å²) >= 11 is 0. The van der Waals surface area contributed by atoms with Crippen LogP contribution in [0, 0.1) is 6.57 Å². The number of aromatic nitrogens is 2. The minimum atomic E-state index is -0.189. The predicted octanol–water partition coefficient (Wildman–Crippen LogP) is 5.04. The Morgan fingerprint density at radius 1 is 1.07 bits per heavy atom. The average molecular weight is 368 g/mol. The first-order chi connectivity index (χ1) is 13.7. The lowest BCUT2D eigenvalue weighted by atomic mass is 10.1. The van der Waals surface area contributed by atoms with Gasteiger partial charge in [0.25, 0.3) is 5.91 Å².